The Morgan fingerprint density at radius 2 is 1.96 bits per heavy atom. The second kappa shape index (κ2) is 6.47. The van der Waals surface area contributed by atoms with Gasteiger partial charge in [0.15, 0.2) is 0 Å². The molecule has 5 nitrogen and oxygen atoms in total. The minimum Gasteiger partial charge on any atom is -0.468 e. The Balaban J connectivity index is 2.05. The van der Waals surface area contributed by atoms with Gasteiger partial charge in [0.1, 0.15) is 5.76 Å². The number of piperidine rings is 1. The second-order valence-electron chi connectivity index (χ2n) is 5.95. The maximum absolute atomic E-state index is 13.1. The van der Waals surface area contributed by atoms with E-state index in [0.717, 1.165) is 12.0 Å². The van der Waals surface area contributed by atoms with Crippen LogP contribution in [0.2, 0.25) is 0 Å². The Hall–Kier alpha value is -1.63. The fraction of sp³-hybridized carbons (Fsp3) is 0.412. The van der Waals surface area contributed by atoms with E-state index in [0.29, 0.717) is 18.6 Å². The van der Waals surface area contributed by atoms with Gasteiger partial charge in [0.25, 0.3) is 0 Å². The van der Waals surface area contributed by atoms with Gasteiger partial charge in [0, 0.05) is 6.04 Å². The van der Waals surface area contributed by atoms with Crippen molar-refractivity contribution in [3.8, 4) is 0 Å². The van der Waals surface area contributed by atoms with Crippen LogP contribution in [0.1, 0.15) is 36.6 Å². The molecule has 1 aromatic heterocycles. The number of aliphatic hydroxyl groups is 1. The van der Waals surface area contributed by atoms with Crippen molar-refractivity contribution in [3.63, 3.8) is 0 Å². The van der Waals surface area contributed by atoms with E-state index in [2.05, 4.69) is 0 Å². The van der Waals surface area contributed by atoms with Gasteiger partial charge in [0.2, 0.25) is 10.0 Å². The average molecular weight is 335 g/mol. The number of aliphatic hydroxyl groups excluding tert-OH is 1. The molecule has 0 amide bonds. The van der Waals surface area contributed by atoms with Crippen LogP contribution in [-0.2, 0) is 10.0 Å². The number of sulfonamides is 1. The Labute approximate surface area is 136 Å². The maximum atomic E-state index is 13.1. The first-order valence-corrected chi connectivity index (χ1v) is 9.22. The van der Waals surface area contributed by atoms with E-state index in [1.807, 2.05) is 6.92 Å². The smallest absolute Gasteiger partial charge is 0.244 e. The maximum Gasteiger partial charge on any atom is 0.244 e. The molecule has 1 fully saturated rings. The summed E-state index contributed by atoms with van der Waals surface area (Å²) in [6.07, 6.45) is 3.75. The molecule has 0 aliphatic carbocycles. The van der Waals surface area contributed by atoms with E-state index in [9.17, 15) is 13.5 Å². The normalized spacial score (nSPS) is 23.0. The van der Waals surface area contributed by atoms with Crippen LogP contribution in [-0.4, -0.2) is 30.5 Å². The molecule has 0 radical (unpaired) electrons. The van der Waals surface area contributed by atoms with Gasteiger partial charge in [-0.25, -0.2) is 8.42 Å². The first-order valence-electron chi connectivity index (χ1n) is 7.78. The van der Waals surface area contributed by atoms with Crippen molar-refractivity contribution < 1.29 is 17.9 Å². The van der Waals surface area contributed by atoms with Crippen molar-refractivity contribution >= 4 is 10.0 Å². The van der Waals surface area contributed by atoms with Gasteiger partial charge in [-0.3, -0.25) is 0 Å². The zero-order valence-corrected chi connectivity index (χ0v) is 13.9. The molecular weight excluding hydrogens is 314 g/mol. The molecule has 23 heavy (non-hydrogen) atoms. The average Bonchev–Trinajstić information content (AvgIpc) is 3.09. The minimum absolute atomic E-state index is 0.192. The molecule has 6 heteroatoms. The van der Waals surface area contributed by atoms with Gasteiger partial charge in [-0.05, 0) is 50.5 Å². The van der Waals surface area contributed by atoms with Crippen molar-refractivity contribution in [2.24, 2.45) is 0 Å². The lowest BCUT2D eigenvalue weighted by Crippen LogP contribution is -2.47. The summed E-state index contributed by atoms with van der Waals surface area (Å²) in [7, 11) is -3.70. The van der Waals surface area contributed by atoms with E-state index < -0.39 is 16.1 Å². The zero-order chi connectivity index (χ0) is 16.4. The summed E-state index contributed by atoms with van der Waals surface area (Å²) in [4.78, 5) is 0.250. The number of furan rings is 1. The molecule has 124 valence electrons. The van der Waals surface area contributed by atoms with Crippen molar-refractivity contribution in [3.05, 3.63) is 54.0 Å². The third-order valence-corrected chi connectivity index (χ3v) is 6.34. The molecule has 3 rings (SSSR count). The highest BCUT2D eigenvalue weighted by molar-refractivity contribution is 7.89. The lowest BCUT2D eigenvalue weighted by molar-refractivity contribution is 0.105. The summed E-state index contributed by atoms with van der Waals surface area (Å²) < 4.78 is 33.2. The predicted octanol–water partition coefficient (Wildman–Crippen LogP) is 2.86. The Bertz CT molecular complexity index is 737. The summed E-state index contributed by atoms with van der Waals surface area (Å²) in [5.74, 6) is 0.624. The summed E-state index contributed by atoms with van der Waals surface area (Å²) in [6.45, 7) is 1.72. The van der Waals surface area contributed by atoms with Crippen molar-refractivity contribution in [1.29, 1.82) is 0 Å². The molecule has 1 saturated heterocycles. The van der Waals surface area contributed by atoms with E-state index in [1.54, 1.807) is 42.7 Å². The predicted molar refractivity (Wildman–Crippen MR) is 86.4 cm³/mol. The van der Waals surface area contributed by atoms with Crippen LogP contribution in [0.25, 0.3) is 0 Å². The Morgan fingerprint density at radius 1 is 1.22 bits per heavy atom. The van der Waals surface area contributed by atoms with Gasteiger partial charge in [-0.15, -0.1) is 0 Å². The Kier molecular flexibility index (Phi) is 4.57. The first kappa shape index (κ1) is 16.2. The summed E-state index contributed by atoms with van der Waals surface area (Å²) in [5, 5.41) is 9.69. The van der Waals surface area contributed by atoms with Crippen LogP contribution in [0, 0.1) is 6.92 Å². The number of rotatable bonds is 4. The van der Waals surface area contributed by atoms with Crippen molar-refractivity contribution in [2.75, 3.05) is 6.61 Å². The van der Waals surface area contributed by atoms with E-state index in [-0.39, 0.29) is 17.5 Å². The number of hydrogen-bond acceptors (Lipinski definition) is 4. The molecule has 1 N–H and O–H groups in total. The third kappa shape index (κ3) is 3.06. The van der Waals surface area contributed by atoms with Crippen LogP contribution in [0.15, 0.2) is 52.0 Å². The van der Waals surface area contributed by atoms with Gasteiger partial charge in [-0.1, -0.05) is 17.7 Å². The monoisotopic (exact) mass is 335 g/mol. The molecule has 2 heterocycles. The zero-order valence-electron chi connectivity index (χ0n) is 13.1. The van der Waals surface area contributed by atoms with Crippen LogP contribution in [0.3, 0.4) is 0 Å². The molecule has 1 aliphatic rings. The van der Waals surface area contributed by atoms with Crippen LogP contribution in [0.4, 0.5) is 0 Å². The van der Waals surface area contributed by atoms with Crippen LogP contribution in [0.5, 0.6) is 0 Å². The van der Waals surface area contributed by atoms with Gasteiger partial charge in [-0.2, -0.15) is 4.31 Å². The molecule has 2 atom stereocenters. The molecule has 0 spiro atoms. The highest BCUT2D eigenvalue weighted by atomic mass is 32.2. The molecule has 1 aliphatic heterocycles. The molecular formula is C17H21NO4S. The van der Waals surface area contributed by atoms with Gasteiger partial charge in [0.05, 0.1) is 23.8 Å². The van der Waals surface area contributed by atoms with Crippen molar-refractivity contribution in [1.82, 2.24) is 4.31 Å². The van der Waals surface area contributed by atoms with Gasteiger partial charge < -0.3 is 9.52 Å². The third-order valence-electron chi connectivity index (χ3n) is 4.36. The second-order valence-corrected chi connectivity index (χ2v) is 7.79. The number of hydrogen-bond donors (Lipinski definition) is 1. The Morgan fingerprint density at radius 3 is 2.57 bits per heavy atom. The lowest BCUT2D eigenvalue weighted by Gasteiger charge is -2.39. The van der Waals surface area contributed by atoms with E-state index >= 15 is 0 Å². The SMILES string of the molecule is Cc1ccc(S(=O)(=O)N2[C@@H](CO)CCC[C@H]2c2ccco2)cc1. The quantitative estimate of drug-likeness (QED) is 0.933. The van der Waals surface area contributed by atoms with Crippen molar-refractivity contribution in [2.45, 2.75) is 43.2 Å². The minimum atomic E-state index is -3.70. The first-order chi connectivity index (χ1) is 11.0. The fourth-order valence-corrected chi connectivity index (χ4v) is 5.00. The summed E-state index contributed by atoms with van der Waals surface area (Å²) >= 11 is 0. The number of nitrogens with zero attached hydrogens (tertiary/aromatic N) is 1. The summed E-state index contributed by atoms with van der Waals surface area (Å²) in [6, 6.07) is 9.56. The standard InChI is InChI=1S/C17H21NO4S/c1-13-7-9-15(10-8-13)23(20,21)18-14(12-19)4-2-5-16(18)17-6-3-11-22-17/h3,6-11,14,16,19H,2,4-5,12H2,1H3/t14-,16+/m1/s1. The summed E-state index contributed by atoms with van der Waals surface area (Å²) in [5.41, 5.74) is 1.00. The molecule has 0 unspecified atom stereocenters. The highest BCUT2D eigenvalue weighted by Crippen LogP contribution is 2.38. The molecule has 2 aromatic rings. The van der Waals surface area contributed by atoms with E-state index in [4.69, 9.17) is 4.42 Å². The largest absolute Gasteiger partial charge is 0.468 e. The fourth-order valence-electron chi connectivity index (χ4n) is 3.17. The topological polar surface area (TPSA) is 70.8 Å². The van der Waals surface area contributed by atoms with Crippen LogP contribution < -0.4 is 0 Å². The van der Waals surface area contributed by atoms with Gasteiger partial charge >= 0.3 is 0 Å². The number of aryl methyl sites for hydroxylation is 1. The van der Waals surface area contributed by atoms with E-state index in [1.165, 1.54) is 4.31 Å². The highest BCUT2D eigenvalue weighted by Gasteiger charge is 2.41. The molecule has 1 aromatic carbocycles. The number of benzene rings is 1. The lowest BCUT2D eigenvalue weighted by atomic mass is 9.97. The van der Waals surface area contributed by atoms with Crippen LogP contribution >= 0.6 is 0 Å². The molecule has 0 saturated carbocycles. The molecule has 0 bridgehead atoms.